The fourth-order valence-electron chi connectivity index (χ4n) is 1.38. The summed E-state index contributed by atoms with van der Waals surface area (Å²) in [6.07, 6.45) is 1.26. The van der Waals surface area contributed by atoms with Crippen molar-refractivity contribution in [3.8, 4) is 5.75 Å². The van der Waals surface area contributed by atoms with E-state index in [0.717, 1.165) is 6.42 Å². The third-order valence-electron chi connectivity index (χ3n) is 2.18. The Kier molecular flexibility index (Phi) is 4.76. The predicted molar refractivity (Wildman–Crippen MR) is 61.4 cm³/mol. The highest BCUT2D eigenvalue weighted by atomic mass is 19.1. The minimum absolute atomic E-state index is 0.160. The van der Waals surface area contributed by atoms with Crippen molar-refractivity contribution in [1.29, 1.82) is 0 Å². The summed E-state index contributed by atoms with van der Waals surface area (Å²) in [5.74, 6) is 0.451. The number of ether oxygens (including phenoxy) is 1. The molecular formula is C12H16FNO2. The van der Waals surface area contributed by atoms with E-state index < -0.39 is 0 Å². The number of halogens is 1. The van der Waals surface area contributed by atoms with Crippen LogP contribution in [0.3, 0.4) is 0 Å². The summed E-state index contributed by atoms with van der Waals surface area (Å²) in [6.45, 7) is 2.18. The Morgan fingerprint density at radius 3 is 2.88 bits per heavy atom. The van der Waals surface area contributed by atoms with Crippen molar-refractivity contribution >= 4 is 11.5 Å². The van der Waals surface area contributed by atoms with Gasteiger partial charge in [0.2, 0.25) is 0 Å². The molecule has 0 heterocycles. The maximum atomic E-state index is 13.0. The van der Waals surface area contributed by atoms with Crippen LogP contribution >= 0.6 is 0 Å². The fraction of sp³-hybridized carbons (Fsp3) is 0.417. The average Bonchev–Trinajstić information content (AvgIpc) is 2.24. The van der Waals surface area contributed by atoms with Gasteiger partial charge in [-0.3, -0.25) is 0 Å². The van der Waals surface area contributed by atoms with E-state index in [-0.39, 0.29) is 11.6 Å². The highest BCUT2D eigenvalue weighted by molar-refractivity contribution is 5.75. The number of methoxy groups -OCH3 is 1. The van der Waals surface area contributed by atoms with Gasteiger partial charge in [0.1, 0.15) is 17.3 Å². The predicted octanol–water partition coefficient (Wildman–Crippen LogP) is 2.62. The van der Waals surface area contributed by atoms with Crippen LogP contribution in [0, 0.1) is 5.82 Å². The highest BCUT2D eigenvalue weighted by Gasteiger charge is 2.03. The molecule has 1 rings (SSSR count). The lowest BCUT2D eigenvalue weighted by Crippen LogP contribution is -2.05. The molecule has 0 atom stereocenters. The van der Waals surface area contributed by atoms with Crippen molar-refractivity contribution in [3.63, 3.8) is 0 Å². The van der Waals surface area contributed by atoms with Gasteiger partial charge in [-0.25, -0.2) is 4.39 Å². The van der Waals surface area contributed by atoms with Gasteiger partial charge in [-0.15, -0.1) is 0 Å². The molecule has 0 fully saturated rings. The Bertz CT molecular complexity index is 366. The first-order valence-corrected chi connectivity index (χ1v) is 5.20. The van der Waals surface area contributed by atoms with Crippen LogP contribution in [-0.2, 0) is 4.79 Å². The third kappa shape index (κ3) is 3.88. The molecule has 0 aliphatic heterocycles. The van der Waals surface area contributed by atoms with Crippen molar-refractivity contribution < 1.29 is 13.9 Å². The largest absolute Gasteiger partial charge is 0.495 e. The maximum Gasteiger partial charge on any atom is 0.142 e. The molecule has 0 saturated carbocycles. The Balaban J connectivity index is 2.51. The third-order valence-corrected chi connectivity index (χ3v) is 2.18. The molecule has 0 bridgehead atoms. The normalized spacial score (nSPS) is 9.94. The molecular weight excluding hydrogens is 209 g/mol. The summed E-state index contributed by atoms with van der Waals surface area (Å²) < 4.78 is 18.1. The van der Waals surface area contributed by atoms with Gasteiger partial charge < -0.3 is 14.8 Å². The average molecular weight is 225 g/mol. The maximum absolute atomic E-state index is 13.0. The zero-order valence-electron chi connectivity index (χ0n) is 9.55. The van der Waals surface area contributed by atoms with Crippen molar-refractivity contribution in [2.45, 2.75) is 19.8 Å². The molecule has 0 aromatic heterocycles. The molecule has 0 saturated heterocycles. The van der Waals surface area contributed by atoms with Gasteiger partial charge in [-0.05, 0) is 25.5 Å². The highest BCUT2D eigenvalue weighted by Crippen LogP contribution is 2.24. The lowest BCUT2D eigenvalue weighted by atomic mass is 10.2. The van der Waals surface area contributed by atoms with Gasteiger partial charge in [0.15, 0.2) is 0 Å². The zero-order valence-corrected chi connectivity index (χ0v) is 9.55. The smallest absolute Gasteiger partial charge is 0.142 e. The van der Waals surface area contributed by atoms with Crippen molar-refractivity contribution in [2.24, 2.45) is 0 Å². The molecule has 0 aliphatic carbocycles. The number of carbonyl (C=O) groups excluding carboxylic acids is 1. The number of anilines is 1. The standard InChI is InChI=1S/C12H16FNO2/c1-9(15)4-3-7-14-11-8-10(13)5-6-12(11)16-2/h5-6,8,14H,3-4,7H2,1-2H3. The molecule has 88 valence electrons. The van der Waals surface area contributed by atoms with E-state index in [1.165, 1.54) is 19.2 Å². The molecule has 4 heteroatoms. The van der Waals surface area contributed by atoms with E-state index in [0.29, 0.717) is 24.4 Å². The quantitative estimate of drug-likeness (QED) is 0.756. The first-order valence-electron chi connectivity index (χ1n) is 5.20. The number of rotatable bonds is 6. The van der Waals surface area contributed by atoms with Crippen molar-refractivity contribution in [3.05, 3.63) is 24.0 Å². The Labute approximate surface area is 94.6 Å². The molecule has 0 aliphatic rings. The summed E-state index contributed by atoms with van der Waals surface area (Å²) in [5, 5.41) is 3.04. The summed E-state index contributed by atoms with van der Waals surface area (Å²) in [4.78, 5) is 10.7. The van der Waals surface area contributed by atoms with Gasteiger partial charge in [-0.2, -0.15) is 0 Å². The van der Waals surface area contributed by atoms with Gasteiger partial charge in [0, 0.05) is 19.0 Å². The van der Waals surface area contributed by atoms with Gasteiger partial charge in [0.25, 0.3) is 0 Å². The Morgan fingerprint density at radius 1 is 1.50 bits per heavy atom. The van der Waals surface area contributed by atoms with E-state index >= 15 is 0 Å². The summed E-state index contributed by atoms with van der Waals surface area (Å²) in [6, 6.07) is 4.30. The van der Waals surface area contributed by atoms with E-state index in [4.69, 9.17) is 4.74 Å². The topological polar surface area (TPSA) is 38.3 Å². The van der Waals surface area contributed by atoms with Crippen LogP contribution in [0.1, 0.15) is 19.8 Å². The van der Waals surface area contributed by atoms with E-state index in [1.807, 2.05) is 0 Å². The molecule has 0 unspecified atom stereocenters. The molecule has 0 radical (unpaired) electrons. The lowest BCUT2D eigenvalue weighted by Gasteiger charge is -2.10. The second kappa shape index (κ2) is 6.10. The summed E-state index contributed by atoms with van der Waals surface area (Å²) in [5.41, 5.74) is 0.617. The minimum Gasteiger partial charge on any atom is -0.495 e. The Hall–Kier alpha value is -1.58. The fourth-order valence-corrected chi connectivity index (χ4v) is 1.38. The van der Waals surface area contributed by atoms with E-state index in [1.54, 1.807) is 13.0 Å². The number of Topliss-reactive ketones (excluding diaryl/α,β-unsaturated/α-hetero) is 1. The van der Waals surface area contributed by atoms with Crippen molar-refractivity contribution in [2.75, 3.05) is 19.0 Å². The molecule has 1 aromatic rings. The van der Waals surface area contributed by atoms with Crippen LogP contribution in [0.25, 0.3) is 0 Å². The SMILES string of the molecule is COc1ccc(F)cc1NCCCC(C)=O. The lowest BCUT2D eigenvalue weighted by molar-refractivity contribution is -0.117. The number of hydrogen-bond donors (Lipinski definition) is 1. The summed E-state index contributed by atoms with van der Waals surface area (Å²) >= 11 is 0. The minimum atomic E-state index is -0.310. The van der Waals surface area contributed by atoms with Gasteiger partial charge in [-0.1, -0.05) is 0 Å². The van der Waals surface area contributed by atoms with Crippen molar-refractivity contribution in [1.82, 2.24) is 0 Å². The number of ketones is 1. The van der Waals surface area contributed by atoms with E-state index in [2.05, 4.69) is 5.32 Å². The second-order valence-corrected chi connectivity index (χ2v) is 3.58. The van der Waals surface area contributed by atoms with Crippen LogP contribution in [0.5, 0.6) is 5.75 Å². The Morgan fingerprint density at radius 2 is 2.25 bits per heavy atom. The van der Waals surface area contributed by atoms with Crippen LogP contribution in [0.4, 0.5) is 10.1 Å². The second-order valence-electron chi connectivity index (χ2n) is 3.58. The molecule has 0 amide bonds. The van der Waals surface area contributed by atoms with Crippen LogP contribution in [-0.4, -0.2) is 19.4 Å². The van der Waals surface area contributed by atoms with Crippen LogP contribution < -0.4 is 10.1 Å². The molecule has 1 aromatic carbocycles. The molecule has 16 heavy (non-hydrogen) atoms. The monoisotopic (exact) mass is 225 g/mol. The zero-order chi connectivity index (χ0) is 12.0. The van der Waals surface area contributed by atoms with Gasteiger partial charge in [0.05, 0.1) is 12.8 Å². The van der Waals surface area contributed by atoms with Gasteiger partial charge >= 0.3 is 0 Å². The number of carbonyl (C=O) groups is 1. The first kappa shape index (κ1) is 12.5. The van der Waals surface area contributed by atoms with Crippen LogP contribution in [0.2, 0.25) is 0 Å². The van der Waals surface area contributed by atoms with E-state index in [9.17, 15) is 9.18 Å². The van der Waals surface area contributed by atoms with Crippen LogP contribution in [0.15, 0.2) is 18.2 Å². The number of nitrogens with one attached hydrogen (secondary N) is 1. The first-order chi connectivity index (χ1) is 7.63. The number of hydrogen-bond acceptors (Lipinski definition) is 3. The summed E-state index contributed by atoms with van der Waals surface area (Å²) in [7, 11) is 1.54. The molecule has 1 N–H and O–H groups in total. The number of benzene rings is 1. The molecule has 0 spiro atoms. The molecule has 3 nitrogen and oxygen atoms in total.